The summed E-state index contributed by atoms with van der Waals surface area (Å²) in [6, 6.07) is 0. The Bertz CT molecular complexity index is 236. The monoisotopic (exact) mass is 219 g/mol. The van der Waals surface area contributed by atoms with Crippen LogP contribution in [0.3, 0.4) is 0 Å². The number of aliphatic carboxylic acids is 1. The molecule has 1 rings (SSSR count). The van der Waals surface area contributed by atoms with E-state index in [-0.39, 0.29) is 6.54 Å². The Hall–Kier alpha value is -0.910. The number of nitrogens with zero attached hydrogens (tertiary/aromatic N) is 3. The van der Waals surface area contributed by atoms with Crippen LogP contribution in [0, 0.1) is 0 Å². The van der Waals surface area contributed by atoms with E-state index in [9.17, 15) is 4.79 Å². The second kappa shape index (κ2) is 3.47. The molecule has 0 saturated carbocycles. The predicted molar refractivity (Wildman–Crippen MR) is 40.4 cm³/mol. The molecule has 1 atom stereocenters. The smallest absolute Gasteiger partial charge is 0.319 e. The molecular weight excluding hydrogens is 214 g/mol. The van der Waals surface area contributed by atoms with Gasteiger partial charge in [-0.25, -0.2) is 4.98 Å². The van der Waals surface area contributed by atoms with Crippen molar-refractivity contribution in [2.75, 3.05) is 0 Å². The van der Waals surface area contributed by atoms with Gasteiger partial charge >= 0.3 is 5.97 Å². The third-order valence-electron chi connectivity index (χ3n) is 1.08. The largest absolute Gasteiger partial charge is 0.480 e. The van der Waals surface area contributed by atoms with Crippen molar-refractivity contribution >= 4 is 21.9 Å². The Balaban J connectivity index is 2.50. The number of halogens is 1. The molecule has 6 heteroatoms. The van der Waals surface area contributed by atoms with Gasteiger partial charge in [0.1, 0.15) is 17.5 Å². The molecule has 11 heavy (non-hydrogen) atoms. The van der Waals surface area contributed by atoms with Gasteiger partial charge in [0.15, 0.2) is 0 Å². The summed E-state index contributed by atoms with van der Waals surface area (Å²) < 4.78 is 1.45. The molecular formula is C5H6BrN3O2. The molecule has 1 unspecified atom stereocenters. The van der Waals surface area contributed by atoms with Gasteiger partial charge in [0.25, 0.3) is 0 Å². The molecule has 60 valence electrons. The highest BCUT2D eigenvalue weighted by Crippen LogP contribution is 2.01. The Morgan fingerprint density at radius 1 is 1.82 bits per heavy atom. The Kier molecular flexibility index (Phi) is 2.58. The van der Waals surface area contributed by atoms with Gasteiger partial charge in [-0.3, -0.25) is 9.48 Å². The molecule has 0 fully saturated rings. The van der Waals surface area contributed by atoms with Gasteiger partial charge in [-0.1, -0.05) is 15.9 Å². The Labute approximate surface area is 71.2 Å². The van der Waals surface area contributed by atoms with Crippen LogP contribution < -0.4 is 0 Å². The highest BCUT2D eigenvalue weighted by molar-refractivity contribution is 9.10. The SMILES string of the molecule is O=C(O)C(Br)Cn1cncn1. The first kappa shape index (κ1) is 8.19. The molecule has 1 aromatic rings. The van der Waals surface area contributed by atoms with Crippen molar-refractivity contribution in [3.63, 3.8) is 0 Å². The standard InChI is InChI=1S/C5H6BrN3O2/c6-4(5(10)11)1-9-3-7-2-8-9/h2-4H,1H2,(H,10,11). The zero-order chi connectivity index (χ0) is 8.27. The quantitative estimate of drug-likeness (QED) is 0.735. The number of carbonyl (C=O) groups is 1. The molecule has 5 nitrogen and oxygen atoms in total. The van der Waals surface area contributed by atoms with E-state index in [1.54, 1.807) is 0 Å². The first-order valence-corrected chi connectivity index (χ1v) is 3.81. The van der Waals surface area contributed by atoms with Crippen LogP contribution in [0.5, 0.6) is 0 Å². The second-order valence-electron chi connectivity index (χ2n) is 1.92. The summed E-state index contributed by atoms with van der Waals surface area (Å²) in [6.07, 6.45) is 2.83. The third kappa shape index (κ3) is 2.30. The number of alkyl halides is 1. The molecule has 1 aromatic heterocycles. The van der Waals surface area contributed by atoms with Gasteiger partial charge in [-0.2, -0.15) is 5.10 Å². The van der Waals surface area contributed by atoms with Crippen molar-refractivity contribution in [2.45, 2.75) is 11.4 Å². The summed E-state index contributed by atoms with van der Waals surface area (Å²) >= 11 is 2.98. The molecule has 1 N–H and O–H groups in total. The molecule has 0 radical (unpaired) electrons. The molecule has 0 aliphatic heterocycles. The predicted octanol–water partition coefficient (Wildman–Crippen LogP) is 0.126. The summed E-state index contributed by atoms with van der Waals surface area (Å²) in [5, 5.41) is 12.2. The van der Waals surface area contributed by atoms with E-state index in [1.165, 1.54) is 17.3 Å². The second-order valence-corrected chi connectivity index (χ2v) is 3.03. The van der Waals surface area contributed by atoms with Crippen LogP contribution in [0.2, 0.25) is 0 Å². The van der Waals surface area contributed by atoms with Crippen LogP contribution >= 0.6 is 15.9 Å². The average Bonchev–Trinajstić information content (AvgIpc) is 2.39. The fraction of sp³-hybridized carbons (Fsp3) is 0.400. The fourth-order valence-electron chi connectivity index (χ4n) is 0.569. The van der Waals surface area contributed by atoms with E-state index < -0.39 is 10.8 Å². The number of hydrogen-bond acceptors (Lipinski definition) is 3. The van der Waals surface area contributed by atoms with E-state index in [4.69, 9.17) is 5.11 Å². The minimum absolute atomic E-state index is 0.287. The summed E-state index contributed by atoms with van der Waals surface area (Å²) in [5.41, 5.74) is 0. The summed E-state index contributed by atoms with van der Waals surface area (Å²) in [5.74, 6) is -0.902. The first-order valence-electron chi connectivity index (χ1n) is 2.89. The molecule has 1 heterocycles. The van der Waals surface area contributed by atoms with Crippen LogP contribution in [0.15, 0.2) is 12.7 Å². The lowest BCUT2D eigenvalue weighted by molar-refractivity contribution is -0.136. The zero-order valence-corrected chi connectivity index (χ0v) is 7.10. The van der Waals surface area contributed by atoms with Crippen LogP contribution in [-0.2, 0) is 11.3 Å². The normalized spacial score (nSPS) is 12.8. The van der Waals surface area contributed by atoms with Crippen molar-refractivity contribution in [2.24, 2.45) is 0 Å². The van der Waals surface area contributed by atoms with E-state index in [2.05, 4.69) is 26.0 Å². The number of carboxylic acid groups (broad SMARTS) is 1. The van der Waals surface area contributed by atoms with E-state index >= 15 is 0 Å². The van der Waals surface area contributed by atoms with Gasteiger partial charge in [0.05, 0.1) is 6.54 Å². The minimum atomic E-state index is -0.902. The van der Waals surface area contributed by atoms with Gasteiger partial charge in [0, 0.05) is 0 Å². The van der Waals surface area contributed by atoms with Gasteiger partial charge < -0.3 is 5.11 Å². The third-order valence-corrected chi connectivity index (χ3v) is 1.76. The highest BCUT2D eigenvalue weighted by Gasteiger charge is 2.13. The number of hydrogen-bond donors (Lipinski definition) is 1. The maximum absolute atomic E-state index is 10.3. The molecule has 0 amide bonds. The van der Waals surface area contributed by atoms with Crippen LogP contribution in [-0.4, -0.2) is 30.7 Å². The van der Waals surface area contributed by atoms with Crippen molar-refractivity contribution in [1.82, 2.24) is 14.8 Å². The van der Waals surface area contributed by atoms with Crippen molar-refractivity contribution in [3.8, 4) is 0 Å². The molecule has 0 spiro atoms. The average molecular weight is 220 g/mol. The Morgan fingerprint density at radius 2 is 2.55 bits per heavy atom. The molecule has 0 aliphatic rings. The summed E-state index contributed by atoms with van der Waals surface area (Å²) in [4.78, 5) is 13.4. The molecule has 0 aromatic carbocycles. The minimum Gasteiger partial charge on any atom is -0.480 e. The van der Waals surface area contributed by atoms with E-state index in [0.29, 0.717) is 0 Å². The van der Waals surface area contributed by atoms with E-state index in [0.717, 1.165) is 0 Å². The summed E-state index contributed by atoms with van der Waals surface area (Å²) in [6.45, 7) is 0.287. The summed E-state index contributed by atoms with van der Waals surface area (Å²) in [7, 11) is 0. The fourth-order valence-corrected chi connectivity index (χ4v) is 0.866. The van der Waals surface area contributed by atoms with Crippen LogP contribution in [0.25, 0.3) is 0 Å². The maximum Gasteiger partial charge on any atom is 0.319 e. The van der Waals surface area contributed by atoms with E-state index in [1.807, 2.05) is 0 Å². The van der Waals surface area contributed by atoms with Gasteiger partial charge in [-0.15, -0.1) is 0 Å². The molecule has 0 aliphatic carbocycles. The highest BCUT2D eigenvalue weighted by atomic mass is 79.9. The molecule has 0 bridgehead atoms. The lowest BCUT2D eigenvalue weighted by Crippen LogP contribution is -2.19. The lowest BCUT2D eigenvalue weighted by Gasteiger charge is -2.02. The van der Waals surface area contributed by atoms with Crippen molar-refractivity contribution in [1.29, 1.82) is 0 Å². The topological polar surface area (TPSA) is 68.0 Å². The van der Waals surface area contributed by atoms with Crippen molar-refractivity contribution in [3.05, 3.63) is 12.7 Å². The van der Waals surface area contributed by atoms with Gasteiger partial charge in [-0.05, 0) is 0 Å². The van der Waals surface area contributed by atoms with Crippen LogP contribution in [0.4, 0.5) is 0 Å². The zero-order valence-electron chi connectivity index (χ0n) is 5.51. The van der Waals surface area contributed by atoms with Gasteiger partial charge in [0.2, 0.25) is 0 Å². The Morgan fingerprint density at radius 3 is 3.00 bits per heavy atom. The van der Waals surface area contributed by atoms with Crippen molar-refractivity contribution < 1.29 is 9.90 Å². The maximum atomic E-state index is 10.3. The molecule has 0 saturated heterocycles. The number of rotatable bonds is 3. The first-order chi connectivity index (χ1) is 5.20. The number of aromatic nitrogens is 3. The lowest BCUT2D eigenvalue weighted by atomic mass is 10.4. The van der Waals surface area contributed by atoms with Crippen LogP contribution in [0.1, 0.15) is 0 Å². The number of carboxylic acids is 1.